The monoisotopic (exact) mass is 374 g/mol. The first-order valence-electron chi connectivity index (χ1n) is 7.91. The van der Waals surface area contributed by atoms with E-state index in [2.05, 4.69) is 0 Å². The number of ketones is 2. The van der Waals surface area contributed by atoms with Gasteiger partial charge in [-0.2, -0.15) is 0 Å². The number of carbonyl (C=O) groups excluding carboxylic acids is 2. The number of aliphatic hydroxyl groups excluding tert-OH is 1. The molecule has 0 amide bonds. The van der Waals surface area contributed by atoms with Crippen molar-refractivity contribution in [2.45, 2.75) is 6.61 Å². The molecular formula is C19H18O8. The van der Waals surface area contributed by atoms with Gasteiger partial charge in [0.1, 0.15) is 11.5 Å². The fourth-order valence-electron chi connectivity index (χ4n) is 3.32. The Bertz CT molecular complexity index is 961. The molecule has 0 radical (unpaired) electrons. The first-order valence-corrected chi connectivity index (χ1v) is 7.91. The summed E-state index contributed by atoms with van der Waals surface area (Å²) in [7, 11) is 5.42. The molecule has 1 aliphatic carbocycles. The minimum absolute atomic E-state index is 0.0230. The third kappa shape index (κ3) is 2.48. The van der Waals surface area contributed by atoms with Crippen molar-refractivity contribution in [1.82, 2.24) is 0 Å². The maximum absolute atomic E-state index is 13.2. The maximum atomic E-state index is 13.2. The van der Waals surface area contributed by atoms with E-state index in [0.29, 0.717) is 0 Å². The molecule has 0 saturated heterocycles. The number of methoxy groups -OCH3 is 4. The second-order valence-electron chi connectivity index (χ2n) is 5.72. The Hall–Kier alpha value is -3.26. The Balaban J connectivity index is 2.43. The number of carbonyl (C=O) groups is 2. The highest BCUT2D eigenvalue weighted by molar-refractivity contribution is 6.31. The molecular weight excluding hydrogens is 356 g/mol. The Kier molecular flexibility index (Phi) is 4.67. The van der Waals surface area contributed by atoms with Crippen LogP contribution in [0, 0.1) is 0 Å². The van der Waals surface area contributed by atoms with E-state index >= 15 is 0 Å². The number of benzene rings is 2. The van der Waals surface area contributed by atoms with E-state index in [9.17, 15) is 19.8 Å². The zero-order valence-electron chi connectivity index (χ0n) is 15.2. The first-order chi connectivity index (χ1) is 12.9. The van der Waals surface area contributed by atoms with Crippen LogP contribution >= 0.6 is 0 Å². The molecule has 27 heavy (non-hydrogen) atoms. The van der Waals surface area contributed by atoms with Gasteiger partial charge in [0.15, 0.2) is 17.3 Å². The van der Waals surface area contributed by atoms with Gasteiger partial charge in [0.2, 0.25) is 11.5 Å². The molecule has 0 bridgehead atoms. The fourth-order valence-corrected chi connectivity index (χ4v) is 3.32. The quantitative estimate of drug-likeness (QED) is 0.694. The molecule has 2 aromatic rings. The highest BCUT2D eigenvalue weighted by Crippen LogP contribution is 2.48. The summed E-state index contributed by atoms with van der Waals surface area (Å²) in [6, 6.07) is 2.57. The van der Waals surface area contributed by atoms with Crippen molar-refractivity contribution in [3.8, 4) is 28.7 Å². The highest BCUT2D eigenvalue weighted by atomic mass is 16.5. The van der Waals surface area contributed by atoms with Gasteiger partial charge in [0.05, 0.1) is 51.7 Å². The third-order valence-electron chi connectivity index (χ3n) is 4.47. The van der Waals surface area contributed by atoms with Crippen molar-refractivity contribution < 1.29 is 38.7 Å². The lowest BCUT2D eigenvalue weighted by Gasteiger charge is -2.25. The SMILES string of the molecule is COc1cc2c(c(OC)c1OC)C(=O)c1c(O)cc(CO)c(OC)c1C2=O. The number of rotatable bonds is 5. The van der Waals surface area contributed by atoms with E-state index in [0.717, 1.165) is 0 Å². The van der Waals surface area contributed by atoms with E-state index in [1.54, 1.807) is 0 Å². The lowest BCUT2D eigenvalue weighted by Crippen LogP contribution is -2.24. The van der Waals surface area contributed by atoms with Gasteiger partial charge in [0, 0.05) is 11.1 Å². The average molecular weight is 374 g/mol. The van der Waals surface area contributed by atoms with Gasteiger partial charge in [-0.3, -0.25) is 9.59 Å². The minimum Gasteiger partial charge on any atom is -0.507 e. The molecule has 1 aliphatic rings. The molecule has 3 rings (SSSR count). The number of aromatic hydroxyl groups is 1. The summed E-state index contributed by atoms with van der Waals surface area (Å²) in [5.74, 6) is -1.21. The number of phenolic OH excluding ortho intramolecular Hbond substituents is 1. The molecule has 0 saturated carbocycles. The Labute approximate surface area is 154 Å². The van der Waals surface area contributed by atoms with Crippen LogP contribution in [0.15, 0.2) is 12.1 Å². The van der Waals surface area contributed by atoms with Crippen LogP contribution in [0.3, 0.4) is 0 Å². The van der Waals surface area contributed by atoms with Crippen molar-refractivity contribution in [3.05, 3.63) is 39.9 Å². The third-order valence-corrected chi connectivity index (χ3v) is 4.47. The summed E-state index contributed by atoms with van der Waals surface area (Å²) in [6.45, 7) is -0.479. The summed E-state index contributed by atoms with van der Waals surface area (Å²) in [6.07, 6.45) is 0. The van der Waals surface area contributed by atoms with Gasteiger partial charge in [-0.25, -0.2) is 0 Å². The van der Waals surface area contributed by atoms with Crippen molar-refractivity contribution in [2.75, 3.05) is 28.4 Å². The van der Waals surface area contributed by atoms with E-state index in [1.807, 2.05) is 0 Å². The molecule has 142 valence electrons. The smallest absolute Gasteiger partial charge is 0.204 e. The van der Waals surface area contributed by atoms with Crippen molar-refractivity contribution in [1.29, 1.82) is 0 Å². The van der Waals surface area contributed by atoms with Crippen LogP contribution in [0.5, 0.6) is 28.7 Å². The van der Waals surface area contributed by atoms with Gasteiger partial charge in [-0.05, 0) is 12.1 Å². The van der Waals surface area contributed by atoms with Crippen LogP contribution in [0.2, 0.25) is 0 Å². The summed E-state index contributed by atoms with van der Waals surface area (Å²) >= 11 is 0. The zero-order valence-corrected chi connectivity index (χ0v) is 15.2. The van der Waals surface area contributed by atoms with Crippen LogP contribution in [0.25, 0.3) is 0 Å². The number of aliphatic hydroxyl groups is 1. The molecule has 0 fully saturated rings. The molecule has 0 aromatic heterocycles. The number of hydrogen-bond acceptors (Lipinski definition) is 8. The topological polar surface area (TPSA) is 112 Å². The fraction of sp³-hybridized carbons (Fsp3) is 0.263. The van der Waals surface area contributed by atoms with E-state index < -0.39 is 23.9 Å². The van der Waals surface area contributed by atoms with Gasteiger partial charge < -0.3 is 29.2 Å². The van der Waals surface area contributed by atoms with Crippen LogP contribution < -0.4 is 18.9 Å². The molecule has 8 nitrogen and oxygen atoms in total. The maximum Gasteiger partial charge on any atom is 0.204 e. The normalized spacial score (nSPS) is 12.3. The largest absolute Gasteiger partial charge is 0.507 e. The van der Waals surface area contributed by atoms with Crippen LogP contribution in [0.1, 0.15) is 37.4 Å². The van der Waals surface area contributed by atoms with Crippen LogP contribution in [0.4, 0.5) is 0 Å². The second-order valence-corrected chi connectivity index (χ2v) is 5.72. The summed E-state index contributed by atoms with van der Waals surface area (Å²) < 4.78 is 21.1. The summed E-state index contributed by atoms with van der Waals surface area (Å²) in [5, 5.41) is 19.9. The van der Waals surface area contributed by atoms with Gasteiger partial charge in [-0.15, -0.1) is 0 Å². The van der Waals surface area contributed by atoms with Gasteiger partial charge in [0.25, 0.3) is 0 Å². The van der Waals surface area contributed by atoms with Gasteiger partial charge in [-0.1, -0.05) is 0 Å². The van der Waals surface area contributed by atoms with E-state index in [1.165, 1.54) is 40.6 Å². The Morgan fingerprint density at radius 3 is 1.93 bits per heavy atom. The molecule has 2 N–H and O–H groups in total. The van der Waals surface area contributed by atoms with Crippen molar-refractivity contribution in [2.24, 2.45) is 0 Å². The average Bonchev–Trinajstić information content (AvgIpc) is 2.69. The predicted molar refractivity (Wildman–Crippen MR) is 93.5 cm³/mol. The lowest BCUT2D eigenvalue weighted by molar-refractivity contribution is 0.0970. The molecule has 0 heterocycles. The molecule has 2 aromatic carbocycles. The number of hydrogen-bond donors (Lipinski definition) is 2. The molecule has 0 spiro atoms. The number of ether oxygens (including phenoxy) is 4. The first kappa shape index (κ1) is 18.5. The number of phenols is 1. The minimum atomic E-state index is -0.627. The van der Waals surface area contributed by atoms with Crippen LogP contribution in [-0.2, 0) is 6.61 Å². The van der Waals surface area contributed by atoms with Crippen molar-refractivity contribution >= 4 is 11.6 Å². The lowest BCUT2D eigenvalue weighted by atomic mass is 9.81. The van der Waals surface area contributed by atoms with E-state index in [4.69, 9.17) is 18.9 Å². The predicted octanol–water partition coefficient (Wildman–Crippen LogP) is 1.69. The van der Waals surface area contributed by atoms with E-state index in [-0.39, 0.29) is 50.8 Å². The standard InChI is InChI=1S/C19H18O8/c1-24-11-6-9-12(19(27-4)18(11)26-3)16(23)13-10(21)5-8(7-20)17(25-2)14(13)15(9)22/h5-6,20-21H,7H2,1-4H3. The van der Waals surface area contributed by atoms with Crippen molar-refractivity contribution in [3.63, 3.8) is 0 Å². The number of fused-ring (bicyclic) bond motifs is 2. The summed E-state index contributed by atoms with van der Waals surface area (Å²) in [4.78, 5) is 26.4. The van der Waals surface area contributed by atoms with Crippen LogP contribution in [-0.4, -0.2) is 50.2 Å². The molecule has 8 heteroatoms. The Morgan fingerprint density at radius 2 is 1.41 bits per heavy atom. The second kappa shape index (κ2) is 6.81. The zero-order chi connectivity index (χ0) is 19.9. The molecule has 0 unspecified atom stereocenters. The molecule has 0 atom stereocenters. The van der Waals surface area contributed by atoms with Gasteiger partial charge >= 0.3 is 0 Å². The molecule has 0 aliphatic heterocycles. The highest BCUT2D eigenvalue weighted by Gasteiger charge is 2.40. The summed E-state index contributed by atoms with van der Waals surface area (Å²) in [5.41, 5.74) is -0.164. The Morgan fingerprint density at radius 1 is 0.778 bits per heavy atom.